The molecule has 9 heteroatoms. The van der Waals surface area contributed by atoms with E-state index in [4.69, 9.17) is 23.2 Å². The predicted molar refractivity (Wildman–Crippen MR) is 97.0 cm³/mol. The molecule has 0 spiro atoms. The van der Waals surface area contributed by atoms with Crippen LogP contribution in [0.4, 0.5) is 0 Å². The minimum absolute atomic E-state index is 0.0103. The molecule has 1 aliphatic heterocycles. The largest absolute Gasteiger partial charge is 0.481 e. The van der Waals surface area contributed by atoms with E-state index in [-0.39, 0.29) is 18.3 Å². The van der Waals surface area contributed by atoms with Crippen LogP contribution in [0.2, 0.25) is 10.0 Å². The van der Waals surface area contributed by atoms with Crippen LogP contribution in [0.1, 0.15) is 30.3 Å². The summed E-state index contributed by atoms with van der Waals surface area (Å²) in [7, 11) is 0. The molecule has 1 saturated heterocycles. The van der Waals surface area contributed by atoms with Gasteiger partial charge in [-0.15, -0.1) is 5.10 Å². The summed E-state index contributed by atoms with van der Waals surface area (Å²) in [6.07, 6.45) is 0.524. The van der Waals surface area contributed by atoms with Gasteiger partial charge < -0.3 is 10.0 Å². The zero-order chi connectivity index (χ0) is 19.0. The molecule has 1 aromatic carbocycles. The molecule has 0 radical (unpaired) electrons. The van der Waals surface area contributed by atoms with Crippen LogP contribution in [0.15, 0.2) is 18.2 Å². The molecule has 7 nitrogen and oxygen atoms in total. The molecule has 1 aliphatic rings. The number of halogens is 2. The number of benzene rings is 1. The van der Waals surface area contributed by atoms with Crippen LogP contribution >= 0.6 is 23.2 Å². The number of rotatable bonds is 4. The van der Waals surface area contributed by atoms with Crippen LogP contribution in [-0.4, -0.2) is 49.7 Å². The Morgan fingerprint density at radius 1 is 1.27 bits per heavy atom. The normalized spacial score (nSPS) is 19.8. The Kier molecular flexibility index (Phi) is 5.20. The van der Waals surface area contributed by atoms with E-state index in [1.165, 1.54) is 9.58 Å². The standard InChI is InChI=1S/C17H18Cl2N4O3/c1-3-13-20-15(16(24)22-7-9(2)10(8-22)17(25)26)21-23(13)14-11(18)5-4-6-12(14)19/h4-6,9-10H,3,7-8H2,1-2H3,(H,25,26)/t9-,10-/m1/s1. The number of nitrogens with zero attached hydrogens (tertiary/aromatic N) is 4. The molecule has 0 bridgehead atoms. The molecule has 0 saturated carbocycles. The zero-order valence-corrected chi connectivity index (χ0v) is 15.8. The maximum Gasteiger partial charge on any atom is 0.308 e. The monoisotopic (exact) mass is 396 g/mol. The van der Waals surface area contributed by atoms with Gasteiger partial charge in [0.2, 0.25) is 5.82 Å². The lowest BCUT2D eigenvalue weighted by atomic mass is 9.99. The second kappa shape index (κ2) is 7.25. The van der Waals surface area contributed by atoms with Crippen molar-refractivity contribution in [2.75, 3.05) is 13.1 Å². The number of amides is 1. The second-order valence-corrected chi connectivity index (χ2v) is 7.13. The van der Waals surface area contributed by atoms with Crippen molar-refractivity contribution in [1.82, 2.24) is 19.7 Å². The van der Waals surface area contributed by atoms with Gasteiger partial charge in [-0.3, -0.25) is 9.59 Å². The molecule has 0 aliphatic carbocycles. The van der Waals surface area contributed by atoms with Gasteiger partial charge in [0.1, 0.15) is 11.5 Å². The predicted octanol–water partition coefficient (Wildman–Crippen LogP) is 2.93. The number of para-hydroxylation sites is 1. The van der Waals surface area contributed by atoms with Gasteiger partial charge in [-0.25, -0.2) is 9.67 Å². The van der Waals surface area contributed by atoms with E-state index in [1.54, 1.807) is 18.2 Å². The van der Waals surface area contributed by atoms with Crippen LogP contribution in [-0.2, 0) is 11.2 Å². The van der Waals surface area contributed by atoms with E-state index in [2.05, 4.69) is 10.1 Å². The highest BCUT2D eigenvalue weighted by Crippen LogP contribution is 2.29. The molecular weight excluding hydrogens is 379 g/mol. The average Bonchev–Trinajstić information content (AvgIpc) is 3.18. The van der Waals surface area contributed by atoms with Crippen molar-refractivity contribution in [3.8, 4) is 5.69 Å². The minimum atomic E-state index is -0.900. The van der Waals surface area contributed by atoms with Crippen molar-refractivity contribution in [3.63, 3.8) is 0 Å². The summed E-state index contributed by atoms with van der Waals surface area (Å²) in [5.74, 6) is -1.44. The minimum Gasteiger partial charge on any atom is -0.481 e. The van der Waals surface area contributed by atoms with Crippen LogP contribution < -0.4 is 0 Å². The zero-order valence-electron chi connectivity index (χ0n) is 14.3. The smallest absolute Gasteiger partial charge is 0.308 e. The lowest BCUT2D eigenvalue weighted by molar-refractivity contribution is -0.142. The number of carboxylic acid groups (broad SMARTS) is 1. The molecule has 1 fully saturated rings. The maximum atomic E-state index is 12.8. The molecule has 2 aromatic rings. The summed E-state index contributed by atoms with van der Waals surface area (Å²) in [6.45, 7) is 4.22. The molecule has 1 N–H and O–H groups in total. The van der Waals surface area contributed by atoms with Crippen LogP contribution in [0.25, 0.3) is 5.69 Å². The molecule has 2 atom stereocenters. The number of carboxylic acids is 1. The molecule has 1 amide bonds. The topological polar surface area (TPSA) is 88.3 Å². The maximum absolute atomic E-state index is 12.8. The van der Waals surface area contributed by atoms with Gasteiger partial charge in [-0.05, 0) is 18.1 Å². The number of aryl methyl sites for hydroxylation is 1. The summed E-state index contributed by atoms with van der Waals surface area (Å²) < 4.78 is 1.48. The summed E-state index contributed by atoms with van der Waals surface area (Å²) in [4.78, 5) is 29.9. The van der Waals surface area contributed by atoms with Crippen molar-refractivity contribution in [1.29, 1.82) is 0 Å². The number of hydrogen-bond donors (Lipinski definition) is 1. The molecule has 138 valence electrons. The summed E-state index contributed by atoms with van der Waals surface area (Å²) in [6, 6.07) is 5.09. The van der Waals surface area contributed by atoms with Gasteiger partial charge in [-0.2, -0.15) is 0 Å². The van der Waals surface area contributed by atoms with E-state index < -0.39 is 17.8 Å². The summed E-state index contributed by atoms with van der Waals surface area (Å²) in [5, 5.41) is 14.4. The Bertz CT molecular complexity index is 847. The number of carbonyl (C=O) groups is 2. The fraction of sp³-hybridized carbons (Fsp3) is 0.412. The van der Waals surface area contributed by atoms with Gasteiger partial charge in [0.25, 0.3) is 5.91 Å². The number of aliphatic carboxylic acids is 1. The first-order valence-corrected chi connectivity index (χ1v) is 9.01. The second-order valence-electron chi connectivity index (χ2n) is 6.32. The van der Waals surface area contributed by atoms with Crippen molar-refractivity contribution in [2.24, 2.45) is 11.8 Å². The molecule has 0 unspecified atom stereocenters. The lowest BCUT2D eigenvalue weighted by Gasteiger charge is -2.13. The van der Waals surface area contributed by atoms with Gasteiger partial charge in [0.15, 0.2) is 0 Å². The molecule has 3 rings (SSSR count). The molecule has 1 aromatic heterocycles. The first-order chi connectivity index (χ1) is 12.3. The van der Waals surface area contributed by atoms with Gasteiger partial charge >= 0.3 is 5.97 Å². The Balaban J connectivity index is 1.95. The summed E-state index contributed by atoms with van der Waals surface area (Å²) >= 11 is 12.5. The Labute approximate surface area is 160 Å². The Morgan fingerprint density at radius 2 is 1.92 bits per heavy atom. The van der Waals surface area contributed by atoms with E-state index in [1.807, 2.05) is 13.8 Å². The molecule has 2 heterocycles. The summed E-state index contributed by atoms with van der Waals surface area (Å²) in [5.41, 5.74) is 0.470. The third-order valence-corrected chi connectivity index (χ3v) is 5.16. The molecular formula is C17H18Cl2N4O3. The van der Waals surface area contributed by atoms with E-state index in [0.29, 0.717) is 34.5 Å². The van der Waals surface area contributed by atoms with Crippen molar-refractivity contribution in [3.05, 3.63) is 39.9 Å². The Hall–Kier alpha value is -2.12. The van der Waals surface area contributed by atoms with Gasteiger partial charge in [-0.1, -0.05) is 43.1 Å². The first-order valence-electron chi connectivity index (χ1n) is 8.25. The van der Waals surface area contributed by atoms with Crippen molar-refractivity contribution < 1.29 is 14.7 Å². The quantitative estimate of drug-likeness (QED) is 0.857. The van der Waals surface area contributed by atoms with Gasteiger partial charge in [0.05, 0.1) is 16.0 Å². The van der Waals surface area contributed by atoms with Crippen LogP contribution in [0.5, 0.6) is 0 Å². The fourth-order valence-electron chi connectivity index (χ4n) is 3.13. The van der Waals surface area contributed by atoms with E-state index in [0.717, 1.165) is 0 Å². The molecule has 26 heavy (non-hydrogen) atoms. The first kappa shape index (κ1) is 18.7. The highest BCUT2D eigenvalue weighted by molar-refractivity contribution is 6.37. The number of carbonyl (C=O) groups excluding carboxylic acids is 1. The van der Waals surface area contributed by atoms with Crippen LogP contribution in [0.3, 0.4) is 0 Å². The number of hydrogen-bond acceptors (Lipinski definition) is 4. The van der Waals surface area contributed by atoms with E-state index >= 15 is 0 Å². The van der Waals surface area contributed by atoms with Crippen LogP contribution in [0, 0.1) is 11.8 Å². The highest BCUT2D eigenvalue weighted by Gasteiger charge is 2.38. The fourth-order valence-corrected chi connectivity index (χ4v) is 3.69. The number of likely N-dealkylation sites (tertiary alicyclic amines) is 1. The van der Waals surface area contributed by atoms with E-state index in [9.17, 15) is 14.7 Å². The average molecular weight is 397 g/mol. The van der Waals surface area contributed by atoms with Gasteiger partial charge in [0, 0.05) is 19.5 Å². The number of aromatic nitrogens is 3. The van der Waals surface area contributed by atoms with Crippen molar-refractivity contribution >= 4 is 35.1 Å². The Morgan fingerprint density at radius 3 is 2.46 bits per heavy atom. The highest BCUT2D eigenvalue weighted by atomic mass is 35.5. The third-order valence-electron chi connectivity index (χ3n) is 4.55. The SMILES string of the molecule is CCc1nc(C(=O)N2C[C@@H](C)[C@H](C(=O)O)C2)nn1-c1c(Cl)cccc1Cl. The van der Waals surface area contributed by atoms with Crippen molar-refractivity contribution in [2.45, 2.75) is 20.3 Å². The lowest BCUT2D eigenvalue weighted by Crippen LogP contribution is -2.30. The third kappa shape index (κ3) is 3.29.